The van der Waals surface area contributed by atoms with Crippen molar-refractivity contribution in [1.82, 2.24) is 0 Å². The van der Waals surface area contributed by atoms with Gasteiger partial charge >= 0.3 is 12.6 Å². The van der Waals surface area contributed by atoms with E-state index in [9.17, 15) is 18.4 Å². The first-order chi connectivity index (χ1) is 12.5. The number of carbonyl (C=O) groups is 2. The molecule has 4 nitrogen and oxygen atoms in total. The lowest BCUT2D eigenvalue weighted by Gasteiger charge is -2.06. The van der Waals surface area contributed by atoms with Gasteiger partial charge in [-0.05, 0) is 30.3 Å². The van der Waals surface area contributed by atoms with Crippen LogP contribution in [0.3, 0.4) is 0 Å². The minimum absolute atomic E-state index is 0.0643. The van der Waals surface area contributed by atoms with Crippen LogP contribution in [0.5, 0.6) is 5.75 Å². The number of thiophene rings is 1. The number of Topliss-reactive ketones (excluding diaryl/α,β-unsaturated/α-hetero) is 1. The number of alkyl halides is 2. The van der Waals surface area contributed by atoms with Crippen molar-refractivity contribution in [2.75, 3.05) is 6.61 Å². The number of ketones is 1. The number of ether oxygens (including phenoxy) is 2. The van der Waals surface area contributed by atoms with Crippen LogP contribution in [-0.4, -0.2) is 25.0 Å². The van der Waals surface area contributed by atoms with Gasteiger partial charge in [0.25, 0.3) is 0 Å². The highest BCUT2D eigenvalue weighted by molar-refractivity contribution is 7.21. The second-order valence-electron chi connectivity index (χ2n) is 5.14. The molecule has 0 fully saturated rings. The molecule has 0 bridgehead atoms. The van der Waals surface area contributed by atoms with E-state index in [4.69, 9.17) is 16.3 Å². The first-order valence-electron chi connectivity index (χ1n) is 7.38. The molecule has 0 saturated heterocycles. The fraction of sp³-hybridized carbons (Fsp3) is 0.111. The molecule has 26 heavy (non-hydrogen) atoms. The summed E-state index contributed by atoms with van der Waals surface area (Å²) in [6.07, 6.45) is 0. The van der Waals surface area contributed by atoms with Crippen molar-refractivity contribution in [2.24, 2.45) is 0 Å². The SMILES string of the molecule is O=C(COC(=O)c1sc2ccccc2c1Cl)c1ccc(OC(F)F)cc1. The zero-order valence-corrected chi connectivity index (χ0v) is 14.7. The Morgan fingerprint density at radius 3 is 2.42 bits per heavy atom. The van der Waals surface area contributed by atoms with Gasteiger partial charge in [-0.25, -0.2) is 4.79 Å². The zero-order chi connectivity index (χ0) is 18.7. The van der Waals surface area contributed by atoms with Crippen molar-refractivity contribution >= 4 is 44.8 Å². The number of hydrogen-bond acceptors (Lipinski definition) is 5. The molecule has 0 amide bonds. The highest BCUT2D eigenvalue weighted by Crippen LogP contribution is 2.35. The molecule has 1 heterocycles. The summed E-state index contributed by atoms with van der Waals surface area (Å²) < 4.78 is 34.3. The van der Waals surface area contributed by atoms with Crippen LogP contribution in [0, 0.1) is 0 Å². The third kappa shape index (κ3) is 4.00. The summed E-state index contributed by atoms with van der Waals surface area (Å²) >= 11 is 7.37. The number of benzene rings is 2. The van der Waals surface area contributed by atoms with Crippen molar-refractivity contribution in [3.8, 4) is 5.75 Å². The van der Waals surface area contributed by atoms with Crippen LogP contribution in [0.15, 0.2) is 48.5 Å². The molecular weight excluding hydrogens is 386 g/mol. The predicted octanol–water partition coefficient (Wildman–Crippen LogP) is 5.20. The molecule has 0 aliphatic rings. The van der Waals surface area contributed by atoms with E-state index in [2.05, 4.69) is 4.74 Å². The number of halogens is 3. The Morgan fingerprint density at radius 2 is 1.77 bits per heavy atom. The van der Waals surface area contributed by atoms with Crippen molar-refractivity contribution in [1.29, 1.82) is 0 Å². The topological polar surface area (TPSA) is 52.6 Å². The lowest BCUT2D eigenvalue weighted by Crippen LogP contribution is -2.13. The standard InChI is InChI=1S/C18H11ClF2O4S/c19-15-12-3-1-2-4-14(12)26-16(15)17(23)24-9-13(22)10-5-7-11(8-6-10)25-18(20)21/h1-8,18H,9H2. The van der Waals surface area contributed by atoms with Gasteiger partial charge < -0.3 is 9.47 Å². The van der Waals surface area contributed by atoms with Gasteiger partial charge in [0.05, 0.1) is 5.02 Å². The Labute approximate surface area is 155 Å². The van der Waals surface area contributed by atoms with Gasteiger partial charge in [-0.2, -0.15) is 8.78 Å². The van der Waals surface area contributed by atoms with Crippen LogP contribution in [-0.2, 0) is 4.74 Å². The first-order valence-corrected chi connectivity index (χ1v) is 8.57. The molecule has 0 unspecified atom stereocenters. The Balaban J connectivity index is 1.65. The molecule has 134 valence electrons. The maximum atomic E-state index is 12.2. The van der Waals surface area contributed by atoms with E-state index in [0.717, 1.165) is 10.1 Å². The van der Waals surface area contributed by atoms with Crippen LogP contribution < -0.4 is 4.74 Å². The summed E-state index contributed by atoms with van der Waals surface area (Å²) in [5.41, 5.74) is 0.210. The Bertz CT molecular complexity index is 953. The van der Waals surface area contributed by atoms with Crippen LogP contribution in [0.1, 0.15) is 20.0 Å². The minimum Gasteiger partial charge on any atom is -0.453 e. The molecular formula is C18H11ClF2O4S. The monoisotopic (exact) mass is 396 g/mol. The van der Waals surface area contributed by atoms with E-state index in [1.54, 1.807) is 12.1 Å². The summed E-state index contributed by atoms with van der Waals surface area (Å²) in [7, 11) is 0. The van der Waals surface area contributed by atoms with E-state index in [1.165, 1.54) is 35.6 Å². The van der Waals surface area contributed by atoms with Gasteiger partial charge in [-0.1, -0.05) is 29.8 Å². The second kappa shape index (κ2) is 7.80. The lowest BCUT2D eigenvalue weighted by atomic mass is 10.1. The molecule has 0 aliphatic carbocycles. The molecule has 0 aliphatic heterocycles. The van der Waals surface area contributed by atoms with E-state index >= 15 is 0 Å². The smallest absolute Gasteiger partial charge is 0.387 e. The number of carbonyl (C=O) groups excluding carboxylic acids is 2. The largest absolute Gasteiger partial charge is 0.453 e. The van der Waals surface area contributed by atoms with E-state index < -0.39 is 25.0 Å². The van der Waals surface area contributed by atoms with Gasteiger partial charge in [0.15, 0.2) is 12.4 Å². The van der Waals surface area contributed by atoms with Crippen molar-refractivity contribution in [3.63, 3.8) is 0 Å². The first kappa shape index (κ1) is 18.3. The fourth-order valence-electron chi connectivity index (χ4n) is 2.25. The maximum absolute atomic E-state index is 12.2. The molecule has 1 aromatic heterocycles. The number of fused-ring (bicyclic) bond motifs is 1. The average molecular weight is 397 g/mol. The molecule has 0 atom stereocenters. The number of hydrogen-bond donors (Lipinski definition) is 0. The van der Waals surface area contributed by atoms with Crippen LogP contribution >= 0.6 is 22.9 Å². The highest BCUT2D eigenvalue weighted by Gasteiger charge is 2.19. The van der Waals surface area contributed by atoms with Crippen LogP contribution in [0.2, 0.25) is 5.02 Å². The second-order valence-corrected chi connectivity index (χ2v) is 6.57. The normalized spacial score (nSPS) is 10.9. The maximum Gasteiger partial charge on any atom is 0.387 e. The number of esters is 1. The van der Waals surface area contributed by atoms with Gasteiger partial charge in [0, 0.05) is 15.6 Å². The highest BCUT2D eigenvalue weighted by atomic mass is 35.5. The molecule has 0 saturated carbocycles. The lowest BCUT2D eigenvalue weighted by molar-refractivity contribution is -0.0498. The Morgan fingerprint density at radius 1 is 1.08 bits per heavy atom. The molecule has 2 aromatic carbocycles. The average Bonchev–Trinajstić information content (AvgIpc) is 2.97. The Hall–Kier alpha value is -2.51. The van der Waals surface area contributed by atoms with Crippen LogP contribution in [0.4, 0.5) is 8.78 Å². The van der Waals surface area contributed by atoms with Gasteiger partial charge in [0.2, 0.25) is 0 Å². The molecule has 3 rings (SSSR count). The number of rotatable bonds is 6. The summed E-state index contributed by atoms with van der Waals surface area (Å²) in [5, 5.41) is 1.03. The molecule has 0 N–H and O–H groups in total. The third-order valence-electron chi connectivity index (χ3n) is 3.46. The summed E-state index contributed by atoms with van der Waals surface area (Å²) in [6, 6.07) is 12.4. The fourth-order valence-corrected chi connectivity index (χ4v) is 3.65. The van der Waals surface area contributed by atoms with Crippen LogP contribution in [0.25, 0.3) is 10.1 Å². The van der Waals surface area contributed by atoms with Gasteiger partial charge in [-0.3, -0.25) is 4.79 Å². The Kier molecular flexibility index (Phi) is 5.49. The van der Waals surface area contributed by atoms with Crippen molar-refractivity contribution in [2.45, 2.75) is 6.61 Å². The molecule has 0 radical (unpaired) electrons. The van der Waals surface area contributed by atoms with E-state index in [0.29, 0.717) is 0 Å². The summed E-state index contributed by atoms with van der Waals surface area (Å²) in [5.74, 6) is -1.23. The van der Waals surface area contributed by atoms with Crippen molar-refractivity contribution in [3.05, 3.63) is 64.0 Å². The quantitative estimate of drug-likeness (QED) is 0.424. The van der Waals surface area contributed by atoms with E-state index in [1.807, 2.05) is 12.1 Å². The van der Waals surface area contributed by atoms with Gasteiger partial charge in [0.1, 0.15) is 10.6 Å². The summed E-state index contributed by atoms with van der Waals surface area (Å²) in [6.45, 7) is -3.43. The van der Waals surface area contributed by atoms with E-state index in [-0.39, 0.29) is 21.2 Å². The third-order valence-corrected chi connectivity index (χ3v) is 5.11. The zero-order valence-electron chi connectivity index (χ0n) is 13.1. The molecule has 8 heteroatoms. The summed E-state index contributed by atoms with van der Waals surface area (Å²) in [4.78, 5) is 24.5. The molecule has 0 spiro atoms. The van der Waals surface area contributed by atoms with Crippen molar-refractivity contribution < 1.29 is 27.8 Å². The van der Waals surface area contributed by atoms with Gasteiger partial charge in [-0.15, -0.1) is 11.3 Å². The predicted molar refractivity (Wildman–Crippen MR) is 94.5 cm³/mol. The minimum atomic E-state index is -2.94. The molecule has 3 aromatic rings.